The fourth-order valence-electron chi connectivity index (χ4n) is 0.789. The lowest BCUT2D eigenvalue weighted by Gasteiger charge is -1.95. The smallest absolute Gasteiger partial charge is 0.341 e. The number of thiazole rings is 1. The van der Waals surface area contributed by atoms with Gasteiger partial charge in [-0.1, -0.05) is 5.11 Å². The second-order valence-corrected chi connectivity index (χ2v) is 3.60. The van der Waals surface area contributed by atoms with Crippen molar-refractivity contribution < 1.29 is 19.5 Å². The minimum absolute atomic E-state index is 0.151. The second kappa shape index (κ2) is 5.70. The first-order valence-electron chi connectivity index (χ1n) is 4.23. The topological polar surface area (TPSA) is 127 Å². The number of amides is 1. The van der Waals surface area contributed by atoms with E-state index < -0.39 is 11.9 Å². The monoisotopic (exact) mass is 256 g/mol. The molecule has 0 aromatic carbocycles. The number of carbonyl (C=O) groups excluding carboxylic acids is 1. The van der Waals surface area contributed by atoms with Crippen molar-refractivity contribution in [1.29, 1.82) is 0 Å². The number of carbonyl (C=O) groups is 2. The van der Waals surface area contributed by atoms with Crippen LogP contribution < -0.4 is 5.73 Å². The van der Waals surface area contributed by atoms with Crippen molar-refractivity contribution in [2.45, 2.75) is 6.92 Å². The maximum Gasteiger partial charge on any atom is 0.341 e. The molecule has 0 aliphatic rings. The van der Waals surface area contributed by atoms with E-state index >= 15 is 0 Å². The van der Waals surface area contributed by atoms with E-state index in [0.717, 1.165) is 17.6 Å². The van der Waals surface area contributed by atoms with E-state index in [9.17, 15) is 9.59 Å². The lowest BCUT2D eigenvalue weighted by Crippen LogP contribution is -2.00. The fraction of sp³-hybridized carbons (Fsp3) is 0.125. The van der Waals surface area contributed by atoms with Gasteiger partial charge in [-0.2, -0.15) is 0 Å². The van der Waals surface area contributed by atoms with Gasteiger partial charge in [-0.15, -0.1) is 11.3 Å². The average molecular weight is 256 g/mol. The number of hydrogen-bond acceptors (Lipinski definition) is 7. The average Bonchev–Trinajstić information content (AvgIpc) is 2.63. The largest absolute Gasteiger partial charge is 0.477 e. The number of anilines is 1. The maximum atomic E-state index is 10.9. The highest BCUT2D eigenvalue weighted by atomic mass is 32.1. The summed E-state index contributed by atoms with van der Waals surface area (Å²) in [6.07, 6.45) is 0.823. The van der Waals surface area contributed by atoms with Crippen LogP contribution in [0.4, 0.5) is 5.13 Å². The molecule has 0 bridgehead atoms. The first kappa shape index (κ1) is 12.8. The molecule has 0 aliphatic heterocycles. The number of nitrogen functional groups attached to an aromatic ring is 1. The van der Waals surface area contributed by atoms with Crippen LogP contribution in [0, 0.1) is 0 Å². The van der Waals surface area contributed by atoms with Crippen LogP contribution in [-0.4, -0.2) is 22.0 Å². The molecular formula is C8H8N4O4S. The van der Waals surface area contributed by atoms with E-state index in [1.54, 1.807) is 0 Å². The Morgan fingerprint density at radius 2 is 2.35 bits per heavy atom. The van der Waals surface area contributed by atoms with E-state index in [2.05, 4.69) is 20.2 Å². The van der Waals surface area contributed by atoms with E-state index in [4.69, 9.17) is 10.8 Å². The number of aliphatic carboxylic acids is 1. The molecule has 8 nitrogen and oxygen atoms in total. The summed E-state index contributed by atoms with van der Waals surface area (Å²) in [5, 5.41) is 16.6. The minimum atomic E-state index is -1.26. The van der Waals surface area contributed by atoms with Gasteiger partial charge in [0, 0.05) is 17.6 Å². The molecular weight excluding hydrogens is 248 g/mol. The number of nitrogens with two attached hydrogens (primary N) is 1. The Bertz CT molecular complexity index is 493. The van der Waals surface area contributed by atoms with Crippen molar-refractivity contribution in [3.63, 3.8) is 0 Å². The van der Waals surface area contributed by atoms with Gasteiger partial charge in [0.05, 0.1) is 5.69 Å². The third-order valence-electron chi connectivity index (χ3n) is 1.43. The molecule has 0 unspecified atom stereocenters. The van der Waals surface area contributed by atoms with Gasteiger partial charge in [0.2, 0.25) is 0 Å². The highest BCUT2D eigenvalue weighted by molar-refractivity contribution is 7.13. The van der Waals surface area contributed by atoms with E-state index in [1.165, 1.54) is 12.3 Å². The molecule has 1 aromatic heterocycles. The van der Waals surface area contributed by atoms with Crippen LogP contribution in [0.25, 0.3) is 5.57 Å². The lowest BCUT2D eigenvalue weighted by atomic mass is 10.2. The number of carboxylic acid groups (broad SMARTS) is 1. The number of nitrogens with zero attached hydrogens (tertiary/aromatic N) is 3. The van der Waals surface area contributed by atoms with Crippen molar-refractivity contribution in [1.82, 2.24) is 4.98 Å². The van der Waals surface area contributed by atoms with Gasteiger partial charge in [0.15, 0.2) is 5.13 Å². The summed E-state index contributed by atoms with van der Waals surface area (Å²) < 4.78 is 0. The van der Waals surface area contributed by atoms with Crippen LogP contribution in [0.3, 0.4) is 0 Å². The third kappa shape index (κ3) is 3.99. The second-order valence-electron chi connectivity index (χ2n) is 2.71. The van der Waals surface area contributed by atoms with Crippen LogP contribution >= 0.6 is 11.3 Å². The summed E-state index contributed by atoms with van der Waals surface area (Å²) in [6, 6.07) is 0. The van der Waals surface area contributed by atoms with Gasteiger partial charge in [-0.05, 0) is 0 Å². The first-order chi connectivity index (χ1) is 8.00. The van der Waals surface area contributed by atoms with Crippen molar-refractivity contribution >= 4 is 33.9 Å². The minimum Gasteiger partial charge on any atom is -0.477 e. The molecule has 0 atom stereocenters. The number of carboxylic acids is 1. The van der Waals surface area contributed by atoms with Gasteiger partial charge in [0.25, 0.3) is 5.91 Å². The van der Waals surface area contributed by atoms with Crippen LogP contribution in [0.15, 0.2) is 22.0 Å². The van der Waals surface area contributed by atoms with E-state index in [0.29, 0.717) is 0 Å². The molecule has 0 fully saturated rings. The summed E-state index contributed by atoms with van der Waals surface area (Å²) in [6.45, 7) is 1.18. The normalized spacial score (nSPS) is 11.7. The van der Waals surface area contributed by atoms with Crippen LogP contribution in [0.2, 0.25) is 0 Å². The van der Waals surface area contributed by atoms with Crippen molar-refractivity contribution in [2.75, 3.05) is 5.73 Å². The molecule has 0 radical (unpaired) electrons. The SMILES string of the molecule is CC(=O)N=NOC=C(C(=O)O)c1csc(N)n1. The van der Waals surface area contributed by atoms with Gasteiger partial charge in [0.1, 0.15) is 11.8 Å². The molecule has 0 saturated heterocycles. The summed E-state index contributed by atoms with van der Waals surface area (Å²) in [7, 11) is 0. The van der Waals surface area contributed by atoms with Crippen molar-refractivity contribution in [3.05, 3.63) is 17.3 Å². The summed E-state index contributed by atoms with van der Waals surface area (Å²) in [4.78, 5) is 29.5. The molecule has 9 heteroatoms. The Balaban J connectivity index is 2.83. The lowest BCUT2D eigenvalue weighted by molar-refractivity contribution is -0.130. The molecule has 0 spiro atoms. The zero-order valence-corrected chi connectivity index (χ0v) is 9.47. The number of rotatable bonds is 4. The predicted molar refractivity (Wildman–Crippen MR) is 58.8 cm³/mol. The molecule has 1 amide bonds. The third-order valence-corrected chi connectivity index (χ3v) is 2.10. The van der Waals surface area contributed by atoms with Crippen LogP contribution in [-0.2, 0) is 14.4 Å². The number of aromatic nitrogens is 1. The highest BCUT2D eigenvalue weighted by Gasteiger charge is 2.14. The number of hydrogen-bond donors (Lipinski definition) is 2. The Morgan fingerprint density at radius 1 is 1.65 bits per heavy atom. The molecule has 3 N–H and O–H groups in total. The van der Waals surface area contributed by atoms with Crippen LogP contribution in [0.1, 0.15) is 12.6 Å². The van der Waals surface area contributed by atoms with Crippen LogP contribution in [0.5, 0.6) is 0 Å². The predicted octanol–water partition coefficient (Wildman–Crippen LogP) is 1.08. The fourth-order valence-corrected chi connectivity index (χ4v) is 1.35. The Kier molecular flexibility index (Phi) is 4.29. The molecule has 1 heterocycles. The van der Waals surface area contributed by atoms with Gasteiger partial charge in [-0.3, -0.25) is 4.79 Å². The molecule has 90 valence electrons. The first-order valence-corrected chi connectivity index (χ1v) is 5.11. The Morgan fingerprint density at radius 3 is 2.82 bits per heavy atom. The van der Waals surface area contributed by atoms with Gasteiger partial charge >= 0.3 is 5.97 Å². The summed E-state index contributed by atoms with van der Waals surface area (Å²) in [5.74, 6) is -1.82. The van der Waals surface area contributed by atoms with Gasteiger partial charge < -0.3 is 15.7 Å². The molecule has 0 saturated carbocycles. The van der Waals surface area contributed by atoms with Crippen molar-refractivity contribution in [2.24, 2.45) is 10.4 Å². The Hall–Kier alpha value is -2.29. The highest BCUT2D eigenvalue weighted by Crippen LogP contribution is 2.19. The zero-order valence-electron chi connectivity index (χ0n) is 8.65. The molecule has 17 heavy (non-hydrogen) atoms. The molecule has 0 aliphatic carbocycles. The van der Waals surface area contributed by atoms with E-state index in [1.807, 2.05) is 0 Å². The Labute approximate surface area is 99.4 Å². The summed E-state index contributed by atoms with van der Waals surface area (Å²) >= 11 is 1.09. The zero-order chi connectivity index (χ0) is 12.8. The standard InChI is InChI=1S/C8H8N4O4S/c1-4(13)11-12-16-2-5(7(14)15)6-3-17-8(9)10-6/h2-3H,1H3,(H2,9,10)(H,14,15). The van der Waals surface area contributed by atoms with Crippen molar-refractivity contribution in [3.8, 4) is 0 Å². The van der Waals surface area contributed by atoms with E-state index in [-0.39, 0.29) is 16.4 Å². The summed E-state index contributed by atoms with van der Waals surface area (Å²) in [5.41, 5.74) is 5.29. The molecule has 1 aromatic rings. The maximum absolute atomic E-state index is 10.9. The quantitative estimate of drug-likeness (QED) is 0.359. The molecule has 1 rings (SSSR count). The van der Waals surface area contributed by atoms with Gasteiger partial charge in [-0.25, -0.2) is 9.78 Å².